The average Bonchev–Trinajstić information content (AvgIpc) is 3.15. The third kappa shape index (κ3) is 3.92. The predicted octanol–water partition coefficient (Wildman–Crippen LogP) is 3.00. The van der Waals surface area contributed by atoms with Crippen LogP contribution in [0.1, 0.15) is 22.3 Å². The molecule has 1 aromatic carbocycles. The van der Waals surface area contributed by atoms with Crippen molar-refractivity contribution in [2.24, 2.45) is 0 Å². The van der Waals surface area contributed by atoms with Crippen molar-refractivity contribution in [1.82, 2.24) is 4.98 Å². The Morgan fingerprint density at radius 1 is 1.46 bits per heavy atom. The minimum Gasteiger partial charge on any atom is -0.473 e. The highest BCUT2D eigenvalue weighted by molar-refractivity contribution is 7.99. The Balaban J connectivity index is 1.82. The number of anilines is 1. The van der Waals surface area contributed by atoms with Crippen LogP contribution < -0.4 is 10.1 Å². The Hall–Kier alpha value is -3.12. The Morgan fingerprint density at radius 3 is 3.00 bits per heavy atom. The molecule has 1 unspecified atom stereocenters. The summed E-state index contributed by atoms with van der Waals surface area (Å²) in [6, 6.07) is 8.73. The zero-order valence-corrected chi connectivity index (χ0v) is 14.4. The van der Waals surface area contributed by atoms with Crippen LogP contribution in [0.4, 0.5) is 11.4 Å². The molecule has 0 bridgehead atoms. The zero-order chi connectivity index (χ0) is 18.5. The number of benzene rings is 1. The Labute approximate surface area is 153 Å². The molecule has 132 valence electrons. The first-order chi connectivity index (χ1) is 12.6. The van der Waals surface area contributed by atoms with E-state index in [2.05, 4.69) is 10.3 Å². The minimum atomic E-state index is -0.598. The molecular formula is C17H14N4O4S. The van der Waals surface area contributed by atoms with Gasteiger partial charge in [0.05, 0.1) is 16.2 Å². The number of ether oxygens (including phenoxy) is 1. The van der Waals surface area contributed by atoms with Crippen LogP contribution in [0, 0.1) is 21.4 Å². The number of non-ortho nitro benzene ring substituents is 1. The highest BCUT2D eigenvalue weighted by Gasteiger charge is 2.22. The van der Waals surface area contributed by atoms with Gasteiger partial charge in [0, 0.05) is 24.1 Å². The van der Waals surface area contributed by atoms with Gasteiger partial charge in [0.1, 0.15) is 17.7 Å². The van der Waals surface area contributed by atoms with Gasteiger partial charge in [0.25, 0.3) is 11.6 Å². The van der Waals surface area contributed by atoms with E-state index in [4.69, 9.17) is 4.74 Å². The molecule has 1 atom stereocenters. The van der Waals surface area contributed by atoms with Crippen molar-refractivity contribution in [2.75, 3.05) is 16.8 Å². The average molecular weight is 370 g/mol. The fourth-order valence-corrected chi connectivity index (χ4v) is 3.55. The number of pyridine rings is 1. The molecule has 0 spiro atoms. The highest BCUT2D eigenvalue weighted by Crippen LogP contribution is 2.26. The van der Waals surface area contributed by atoms with Crippen molar-refractivity contribution in [2.45, 2.75) is 12.5 Å². The number of amides is 1. The Kier molecular flexibility index (Phi) is 5.34. The number of hydrogen-bond donors (Lipinski definition) is 1. The number of carbonyl (C=O) groups excluding carboxylic acids is 1. The summed E-state index contributed by atoms with van der Waals surface area (Å²) in [5.74, 6) is 1.59. The summed E-state index contributed by atoms with van der Waals surface area (Å²) in [6.45, 7) is 0. The van der Waals surface area contributed by atoms with Gasteiger partial charge in [-0.2, -0.15) is 17.0 Å². The maximum absolute atomic E-state index is 12.6. The van der Waals surface area contributed by atoms with E-state index in [1.165, 1.54) is 12.1 Å². The van der Waals surface area contributed by atoms with Crippen LogP contribution in [0.15, 0.2) is 36.5 Å². The number of nitrogens with one attached hydrogen (secondary N) is 1. The van der Waals surface area contributed by atoms with E-state index >= 15 is 0 Å². The lowest BCUT2D eigenvalue weighted by Crippen LogP contribution is -2.20. The van der Waals surface area contributed by atoms with Crippen molar-refractivity contribution >= 4 is 29.0 Å². The quantitative estimate of drug-likeness (QED) is 0.635. The second-order valence-electron chi connectivity index (χ2n) is 5.51. The standard InChI is InChI=1S/C17H14N4O4S/c18-9-11-8-12(21(23)24)3-4-15(11)20-16(22)14-2-1-6-19-17(14)25-13-5-7-26-10-13/h1-4,6,8,13H,5,7,10H2,(H,20,22). The van der Waals surface area contributed by atoms with Crippen LogP contribution in [-0.2, 0) is 0 Å². The Morgan fingerprint density at radius 2 is 2.31 bits per heavy atom. The SMILES string of the molecule is N#Cc1cc([N+](=O)[O-])ccc1NC(=O)c1cccnc1OC1CCSC1. The topological polar surface area (TPSA) is 118 Å². The van der Waals surface area contributed by atoms with Gasteiger partial charge in [-0.1, -0.05) is 0 Å². The van der Waals surface area contributed by atoms with Crippen LogP contribution in [0.3, 0.4) is 0 Å². The third-order valence-electron chi connectivity index (χ3n) is 3.76. The lowest BCUT2D eigenvalue weighted by molar-refractivity contribution is -0.384. The van der Waals surface area contributed by atoms with Crippen LogP contribution >= 0.6 is 11.8 Å². The number of nitro benzene ring substituents is 1. The van der Waals surface area contributed by atoms with Crippen LogP contribution in [0.5, 0.6) is 5.88 Å². The van der Waals surface area contributed by atoms with E-state index in [1.54, 1.807) is 30.1 Å². The monoisotopic (exact) mass is 370 g/mol. The number of aromatic nitrogens is 1. The number of nitriles is 1. The summed E-state index contributed by atoms with van der Waals surface area (Å²) in [5.41, 5.74) is 0.218. The molecular weight excluding hydrogens is 356 g/mol. The molecule has 26 heavy (non-hydrogen) atoms. The van der Waals surface area contributed by atoms with Crippen LogP contribution in [0.25, 0.3) is 0 Å². The molecule has 9 heteroatoms. The van der Waals surface area contributed by atoms with E-state index in [9.17, 15) is 20.2 Å². The normalized spacial score (nSPS) is 15.9. The number of thioether (sulfide) groups is 1. The molecule has 1 fully saturated rings. The van der Waals surface area contributed by atoms with E-state index in [0.717, 1.165) is 24.0 Å². The zero-order valence-electron chi connectivity index (χ0n) is 13.5. The summed E-state index contributed by atoms with van der Waals surface area (Å²) in [4.78, 5) is 27.0. The highest BCUT2D eigenvalue weighted by atomic mass is 32.2. The summed E-state index contributed by atoms with van der Waals surface area (Å²) in [6.07, 6.45) is 2.44. The van der Waals surface area contributed by atoms with Gasteiger partial charge in [-0.25, -0.2) is 4.98 Å². The van der Waals surface area contributed by atoms with Crippen molar-refractivity contribution < 1.29 is 14.5 Å². The van der Waals surface area contributed by atoms with Crippen molar-refractivity contribution in [1.29, 1.82) is 5.26 Å². The van der Waals surface area contributed by atoms with Gasteiger partial charge in [-0.3, -0.25) is 14.9 Å². The molecule has 3 rings (SSSR count). The van der Waals surface area contributed by atoms with E-state index in [0.29, 0.717) is 0 Å². The summed E-state index contributed by atoms with van der Waals surface area (Å²) in [5, 5.41) is 22.6. The molecule has 1 saturated heterocycles. The van der Waals surface area contributed by atoms with E-state index in [1.807, 2.05) is 6.07 Å². The molecule has 0 saturated carbocycles. The van der Waals surface area contributed by atoms with Crippen LogP contribution in [0.2, 0.25) is 0 Å². The first-order valence-electron chi connectivity index (χ1n) is 7.78. The molecule has 2 heterocycles. The lowest BCUT2D eigenvalue weighted by atomic mass is 10.1. The molecule has 0 aliphatic carbocycles. The number of nitrogens with zero attached hydrogens (tertiary/aromatic N) is 3. The van der Waals surface area contributed by atoms with Crippen molar-refractivity contribution in [3.63, 3.8) is 0 Å². The van der Waals surface area contributed by atoms with E-state index < -0.39 is 10.8 Å². The summed E-state index contributed by atoms with van der Waals surface area (Å²) >= 11 is 1.78. The third-order valence-corrected chi connectivity index (χ3v) is 4.90. The molecule has 8 nitrogen and oxygen atoms in total. The molecule has 1 amide bonds. The lowest BCUT2D eigenvalue weighted by Gasteiger charge is -2.14. The smallest absolute Gasteiger partial charge is 0.270 e. The molecule has 1 N–H and O–H groups in total. The van der Waals surface area contributed by atoms with Crippen LogP contribution in [-0.4, -0.2) is 33.4 Å². The number of rotatable bonds is 5. The number of nitro groups is 1. The summed E-state index contributed by atoms with van der Waals surface area (Å²) in [7, 11) is 0. The maximum Gasteiger partial charge on any atom is 0.270 e. The Bertz CT molecular complexity index is 891. The second-order valence-corrected chi connectivity index (χ2v) is 6.66. The van der Waals surface area contributed by atoms with Gasteiger partial charge >= 0.3 is 0 Å². The number of hydrogen-bond acceptors (Lipinski definition) is 7. The largest absolute Gasteiger partial charge is 0.473 e. The first kappa shape index (κ1) is 17.7. The fourth-order valence-electron chi connectivity index (χ4n) is 2.46. The number of carbonyl (C=O) groups is 1. The van der Waals surface area contributed by atoms with Gasteiger partial charge in [-0.15, -0.1) is 0 Å². The second kappa shape index (κ2) is 7.84. The summed E-state index contributed by atoms with van der Waals surface area (Å²) < 4.78 is 5.83. The van der Waals surface area contributed by atoms with E-state index in [-0.39, 0.29) is 34.5 Å². The molecule has 2 aromatic rings. The molecule has 1 aliphatic heterocycles. The molecule has 1 aliphatic rings. The van der Waals surface area contributed by atoms with Crippen molar-refractivity contribution in [3.8, 4) is 11.9 Å². The van der Waals surface area contributed by atoms with Crippen molar-refractivity contribution in [3.05, 3.63) is 57.8 Å². The predicted molar refractivity (Wildman–Crippen MR) is 96.4 cm³/mol. The molecule has 0 radical (unpaired) electrons. The first-order valence-corrected chi connectivity index (χ1v) is 8.93. The van der Waals surface area contributed by atoms with Gasteiger partial charge in [0.15, 0.2) is 0 Å². The maximum atomic E-state index is 12.6. The fraction of sp³-hybridized carbons (Fsp3) is 0.235. The molecule has 1 aromatic heterocycles. The van der Waals surface area contributed by atoms with Gasteiger partial charge in [0.2, 0.25) is 5.88 Å². The van der Waals surface area contributed by atoms with Gasteiger partial charge in [-0.05, 0) is 30.4 Å². The minimum absolute atomic E-state index is 0.00565. The van der Waals surface area contributed by atoms with Gasteiger partial charge < -0.3 is 10.1 Å².